The van der Waals surface area contributed by atoms with Crippen molar-refractivity contribution in [2.75, 3.05) is 0 Å². The van der Waals surface area contributed by atoms with E-state index in [4.69, 9.17) is 4.74 Å². The monoisotopic (exact) mass is 351 g/mol. The Hall–Kier alpha value is -3.48. The van der Waals surface area contributed by atoms with Gasteiger partial charge in [0.2, 0.25) is 0 Å². The third kappa shape index (κ3) is 3.77. The summed E-state index contributed by atoms with van der Waals surface area (Å²) in [6.45, 7) is 1.81. The summed E-state index contributed by atoms with van der Waals surface area (Å²) in [6.07, 6.45) is -1.00. The summed E-state index contributed by atoms with van der Waals surface area (Å²) in [4.78, 5) is 36.3. The molecular weight excluding hydrogens is 334 g/mol. The summed E-state index contributed by atoms with van der Waals surface area (Å²) in [6, 6.07) is 16.0. The second kappa shape index (κ2) is 7.60. The van der Waals surface area contributed by atoms with Crippen molar-refractivity contribution >= 4 is 22.6 Å². The smallest absolute Gasteiger partial charge is 0.360 e. The normalized spacial score (nSPS) is 11.7. The third-order valence-electron chi connectivity index (χ3n) is 3.85. The van der Waals surface area contributed by atoms with Crippen LogP contribution in [0.2, 0.25) is 0 Å². The minimum Gasteiger partial charge on any atom is -0.448 e. The molecule has 26 heavy (non-hydrogen) atoms. The molecule has 0 saturated carbocycles. The third-order valence-corrected chi connectivity index (χ3v) is 3.85. The number of fused-ring (bicyclic) bond motifs is 1. The van der Waals surface area contributed by atoms with Gasteiger partial charge in [0, 0.05) is 11.9 Å². The first-order valence-corrected chi connectivity index (χ1v) is 8.06. The molecule has 1 aromatic heterocycles. The molecule has 0 aliphatic rings. The maximum absolute atomic E-state index is 12.4. The minimum absolute atomic E-state index is 0.0390. The lowest BCUT2D eigenvalue weighted by atomic mass is 10.1. The maximum Gasteiger partial charge on any atom is 0.360 e. The number of benzene rings is 2. The number of carbonyl (C=O) groups excluding carboxylic acids is 2. The minimum atomic E-state index is -1.00. The molecule has 2 aromatic carbocycles. The molecule has 0 saturated heterocycles. The second-order valence-corrected chi connectivity index (χ2v) is 5.70. The lowest BCUT2D eigenvalue weighted by Crippen LogP contribution is -2.35. The van der Waals surface area contributed by atoms with E-state index in [1.54, 1.807) is 24.3 Å². The Morgan fingerprint density at radius 2 is 1.73 bits per heavy atom. The van der Waals surface area contributed by atoms with Crippen molar-refractivity contribution in [2.45, 2.75) is 19.6 Å². The molecule has 0 fully saturated rings. The number of hydrogen-bond acceptors (Lipinski definition) is 5. The predicted octanol–water partition coefficient (Wildman–Crippen LogP) is 1.78. The summed E-state index contributed by atoms with van der Waals surface area (Å²) >= 11 is 0. The first-order valence-electron chi connectivity index (χ1n) is 8.06. The average molecular weight is 351 g/mol. The fraction of sp³-hybridized carbons (Fsp3) is 0.158. The first-order chi connectivity index (χ1) is 12.6. The van der Waals surface area contributed by atoms with Gasteiger partial charge >= 0.3 is 5.97 Å². The molecule has 0 aliphatic heterocycles. The standard InChI is InChI=1S/C19H17N3O4/c1-12(17(23)20-11-13-7-3-2-4-8-13)26-19(25)16-14-9-5-6-10-15(14)18(24)22-21-16/h2-10,12H,11H2,1H3,(H,20,23)(H,22,24)/t12-/m1/s1. The molecule has 1 heterocycles. The Bertz CT molecular complexity index is 998. The zero-order valence-electron chi connectivity index (χ0n) is 14.1. The quantitative estimate of drug-likeness (QED) is 0.683. The van der Waals surface area contributed by atoms with E-state index < -0.39 is 23.5 Å². The molecule has 0 radical (unpaired) electrons. The fourth-order valence-electron chi connectivity index (χ4n) is 2.47. The van der Waals surface area contributed by atoms with Crippen LogP contribution in [0.5, 0.6) is 0 Å². The van der Waals surface area contributed by atoms with Crippen molar-refractivity contribution in [2.24, 2.45) is 0 Å². The van der Waals surface area contributed by atoms with Gasteiger partial charge in [-0.3, -0.25) is 9.59 Å². The Labute approximate surface area is 149 Å². The zero-order chi connectivity index (χ0) is 18.5. The fourth-order valence-corrected chi connectivity index (χ4v) is 2.47. The van der Waals surface area contributed by atoms with Crippen molar-refractivity contribution in [3.05, 3.63) is 76.2 Å². The number of nitrogens with one attached hydrogen (secondary N) is 2. The Balaban J connectivity index is 1.69. The lowest BCUT2D eigenvalue weighted by Gasteiger charge is -2.13. The van der Waals surface area contributed by atoms with Gasteiger partial charge < -0.3 is 10.1 Å². The van der Waals surface area contributed by atoms with Crippen LogP contribution in [0.25, 0.3) is 10.8 Å². The maximum atomic E-state index is 12.4. The summed E-state index contributed by atoms with van der Waals surface area (Å²) in [7, 11) is 0. The molecule has 1 atom stereocenters. The molecule has 0 spiro atoms. The number of amides is 1. The Morgan fingerprint density at radius 3 is 2.46 bits per heavy atom. The van der Waals surface area contributed by atoms with Crippen LogP contribution in [-0.4, -0.2) is 28.2 Å². The summed E-state index contributed by atoms with van der Waals surface area (Å²) in [5, 5.41) is 9.44. The number of aromatic amines is 1. The van der Waals surface area contributed by atoms with Crippen molar-refractivity contribution in [3.8, 4) is 0 Å². The highest BCUT2D eigenvalue weighted by molar-refractivity contribution is 6.02. The van der Waals surface area contributed by atoms with Crippen LogP contribution in [0.15, 0.2) is 59.4 Å². The molecule has 0 bridgehead atoms. The van der Waals surface area contributed by atoms with Gasteiger partial charge in [-0.1, -0.05) is 48.5 Å². The van der Waals surface area contributed by atoms with E-state index in [-0.39, 0.29) is 5.69 Å². The zero-order valence-corrected chi connectivity index (χ0v) is 14.1. The van der Waals surface area contributed by atoms with Crippen LogP contribution in [-0.2, 0) is 16.1 Å². The Kier molecular flexibility index (Phi) is 5.07. The lowest BCUT2D eigenvalue weighted by molar-refractivity contribution is -0.129. The number of rotatable bonds is 5. The van der Waals surface area contributed by atoms with E-state index in [1.165, 1.54) is 6.92 Å². The van der Waals surface area contributed by atoms with Crippen LogP contribution in [0.1, 0.15) is 23.0 Å². The van der Waals surface area contributed by atoms with E-state index >= 15 is 0 Å². The molecule has 7 nitrogen and oxygen atoms in total. The Morgan fingerprint density at radius 1 is 1.08 bits per heavy atom. The summed E-state index contributed by atoms with van der Waals surface area (Å²) in [5.41, 5.74) is 0.501. The largest absolute Gasteiger partial charge is 0.448 e. The number of esters is 1. The summed E-state index contributed by atoms with van der Waals surface area (Å²) in [5.74, 6) is -1.20. The van der Waals surface area contributed by atoms with Crippen LogP contribution in [0.3, 0.4) is 0 Å². The van der Waals surface area contributed by atoms with E-state index in [2.05, 4.69) is 15.5 Å². The molecule has 3 rings (SSSR count). The van der Waals surface area contributed by atoms with Gasteiger partial charge in [-0.2, -0.15) is 5.10 Å². The average Bonchev–Trinajstić information content (AvgIpc) is 2.67. The van der Waals surface area contributed by atoms with Gasteiger partial charge in [-0.05, 0) is 18.6 Å². The molecule has 132 valence electrons. The molecule has 1 amide bonds. The van der Waals surface area contributed by atoms with Gasteiger partial charge in [-0.15, -0.1) is 0 Å². The van der Waals surface area contributed by atoms with Crippen LogP contribution in [0.4, 0.5) is 0 Å². The highest BCUT2D eigenvalue weighted by atomic mass is 16.5. The first kappa shape index (κ1) is 17.3. The molecule has 0 aliphatic carbocycles. The van der Waals surface area contributed by atoms with Gasteiger partial charge in [0.15, 0.2) is 11.8 Å². The number of ether oxygens (including phenoxy) is 1. The van der Waals surface area contributed by atoms with Crippen molar-refractivity contribution in [1.29, 1.82) is 0 Å². The van der Waals surface area contributed by atoms with Crippen LogP contribution >= 0.6 is 0 Å². The number of aromatic nitrogens is 2. The van der Waals surface area contributed by atoms with Gasteiger partial charge in [-0.25, -0.2) is 9.89 Å². The van der Waals surface area contributed by atoms with Crippen molar-refractivity contribution in [3.63, 3.8) is 0 Å². The van der Waals surface area contributed by atoms with Gasteiger partial charge in [0.25, 0.3) is 11.5 Å². The molecule has 0 unspecified atom stereocenters. The molecule has 3 aromatic rings. The summed E-state index contributed by atoms with van der Waals surface area (Å²) < 4.78 is 5.20. The molecule has 2 N–H and O–H groups in total. The number of nitrogens with zero attached hydrogens (tertiary/aromatic N) is 1. The predicted molar refractivity (Wildman–Crippen MR) is 95.5 cm³/mol. The molecule has 7 heteroatoms. The highest BCUT2D eigenvalue weighted by Crippen LogP contribution is 2.14. The van der Waals surface area contributed by atoms with Crippen molar-refractivity contribution < 1.29 is 14.3 Å². The SMILES string of the molecule is C[C@@H](OC(=O)c1n[nH]c(=O)c2ccccc12)C(=O)NCc1ccccc1. The second-order valence-electron chi connectivity index (χ2n) is 5.70. The number of H-pyrrole nitrogens is 1. The number of carbonyl (C=O) groups is 2. The van der Waals surface area contributed by atoms with E-state index in [0.29, 0.717) is 17.3 Å². The van der Waals surface area contributed by atoms with Gasteiger partial charge in [0.05, 0.1) is 5.39 Å². The number of hydrogen-bond donors (Lipinski definition) is 2. The van der Waals surface area contributed by atoms with E-state index in [9.17, 15) is 14.4 Å². The highest BCUT2D eigenvalue weighted by Gasteiger charge is 2.22. The van der Waals surface area contributed by atoms with Gasteiger partial charge in [0.1, 0.15) is 0 Å². The van der Waals surface area contributed by atoms with Crippen LogP contribution in [0, 0.1) is 0 Å². The van der Waals surface area contributed by atoms with E-state index in [1.807, 2.05) is 30.3 Å². The van der Waals surface area contributed by atoms with Crippen molar-refractivity contribution in [1.82, 2.24) is 15.5 Å². The topological polar surface area (TPSA) is 101 Å². The molecular formula is C19H17N3O4. The van der Waals surface area contributed by atoms with E-state index in [0.717, 1.165) is 5.56 Å². The van der Waals surface area contributed by atoms with Crippen LogP contribution < -0.4 is 10.9 Å².